The zero-order valence-electron chi connectivity index (χ0n) is 19.1. The highest BCUT2D eigenvalue weighted by Crippen LogP contribution is 2.40. The number of fused-ring (bicyclic) bond motifs is 1. The molecule has 1 aromatic carbocycles. The van der Waals surface area contributed by atoms with Crippen LogP contribution in [0, 0.1) is 0 Å². The molecule has 172 valence electrons. The topological polar surface area (TPSA) is 120 Å². The zero-order valence-corrected chi connectivity index (χ0v) is 19.1. The van der Waals surface area contributed by atoms with E-state index in [2.05, 4.69) is 52.7 Å². The van der Waals surface area contributed by atoms with Crippen LogP contribution in [-0.2, 0) is 6.54 Å². The predicted octanol–water partition coefficient (Wildman–Crippen LogP) is 3.47. The van der Waals surface area contributed by atoms with Crippen LogP contribution in [0.1, 0.15) is 63.8 Å². The van der Waals surface area contributed by atoms with Crippen LogP contribution in [-0.4, -0.2) is 54.3 Å². The van der Waals surface area contributed by atoms with Gasteiger partial charge in [-0.15, -0.1) is 5.10 Å². The van der Waals surface area contributed by atoms with Gasteiger partial charge in [-0.1, -0.05) is 19.9 Å². The minimum atomic E-state index is -0.160. The third-order valence-corrected chi connectivity index (χ3v) is 6.02. The molecule has 0 saturated carbocycles. The van der Waals surface area contributed by atoms with E-state index in [0.29, 0.717) is 18.1 Å². The Kier molecular flexibility index (Phi) is 6.10. The Morgan fingerprint density at radius 2 is 1.91 bits per heavy atom. The molecule has 4 rings (SSSR count). The fourth-order valence-electron chi connectivity index (χ4n) is 4.38. The van der Waals surface area contributed by atoms with Gasteiger partial charge in [0.05, 0.1) is 24.0 Å². The molecule has 1 aromatic rings. The number of aliphatic hydroxyl groups excluding tert-OH is 1. The van der Waals surface area contributed by atoms with Gasteiger partial charge < -0.3 is 30.1 Å². The normalized spacial score (nSPS) is 16.6. The van der Waals surface area contributed by atoms with Crippen LogP contribution in [0.25, 0.3) is 11.4 Å². The number of aromatic hydroxyl groups is 2. The molecule has 1 unspecified atom stereocenters. The number of phenolic OH excluding ortho intramolecular Hbond substituents is 2. The summed E-state index contributed by atoms with van der Waals surface area (Å²) >= 11 is 0. The van der Waals surface area contributed by atoms with E-state index in [1.54, 1.807) is 6.07 Å². The SMILES string of the molecule is CC(C)c1nnc2c(NCc3ccc(O)c(O)c3)nc(N3CCCC3CO)n(C(C)C)c1-2. The summed E-state index contributed by atoms with van der Waals surface area (Å²) in [6.07, 6.45) is 1.94. The van der Waals surface area contributed by atoms with Crippen molar-refractivity contribution in [3.63, 3.8) is 0 Å². The van der Waals surface area contributed by atoms with E-state index in [0.717, 1.165) is 42.3 Å². The van der Waals surface area contributed by atoms with Gasteiger partial charge in [-0.05, 0) is 50.3 Å². The van der Waals surface area contributed by atoms with Crippen molar-refractivity contribution in [1.82, 2.24) is 19.7 Å². The lowest BCUT2D eigenvalue weighted by atomic mass is 10.1. The molecule has 0 amide bonds. The van der Waals surface area contributed by atoms with Gasteiger partial charge in [0.25, 0.3) is 0 Å². The van der Waals surface area contributed by atoms with Crippen LogP contribution in [0.3, 0.4) is 0 Å². The van der Waals surface area contributed by atoms with Crippen molar-refractivity contribution in [2.45, 2.75) is 65.1 Å². The largest absolute Gasteiger partial charge is 0.504 e. The first-order valence-corrected chi connectivity index (χ1v) is 11.2. The van der Waals surface area contributed by atoms with Crippen LogP contribution in [0.2, 0.25) is 0 Å². The van der Waals surface area contributed by atoms with Gasteiger partial charge in [-0.2, -0.15) is 10.1 Å². The summed E-state index contributed by atoms with van der Waals surface area (Å²) in [6.45, 7) is 9.77. The fraction of sp³-hybridized carbons (Fsp3) is 0.522. The molecule has 1 atom stereocenters. The summed E-state index contributed by atoms with van der Waals surface area (Å²) in [5.74, 6) is 1.29. The maximum atomic E-state index is 9.95. The molecule has 9 nitrogen and oxygen atoms in total. The first-order valence-electron chi connectivity index (χ1n) is 11.2. The number of anilines is 2. The van der Waals surface area contributed by atoms with E-state index in [-0.39, 0.29) is 36.1 Å². The Morgan fingerprint density at radius 1 is 1.12 bits per heavy atom. The smallest absolute Gasteiger partial charge is 0.208 e. The number of aromatic nitrogens is 4. The monoisotopic (exact) mass is 440 g/mol. The van der Waals surface area contributed by atoms with Crippen LogP contribution in [0.5, 0.6) is 11.5 Å². The predicted molar refractivity (Wildman–Crippen MR) is 123 cm³/mol. The maximum Gasteiger partial charge on any atom is 0.208 e. The Hall–Kier alpha value is -3.07. The summed E-state index contributed by atoms with van der Waals surface area (Å²) in [6, 6.07) is 4.90. The molecule has 3 heterocycles. The highest BCUT2D eigenvalue weighted by Gasteiger charge is 2.33. The molecule has 3 aliphatic rings. The van der Waals surface area contributed by atoms with Crippen molar-refractivity contribution in [3.05, 3.63) is 29.5 Å². The Bertz CT molecular complexity index is 1060. The van der Waals surface area contributed by atoms with E-state index in [1.165, 1.54) is 12.1 Å². The quantitative estimate of drug-likeness (QED) is 0.412. The fourth-order valence-corrected chi connectivity index (χ4v) is 4.38. The van der Waals surface area contributed by atoms with Crippen LogP contribution < -0.4 is 10.2 Å². The molecule has 3 aliphatic heterocycles. The third kappa shape index (κ3) is 3.92. The number of hydrogen-bond acceptors (Lipinski definition) is 8. The number of benzene rings is 1. The summed E-state index contributed by atoms with van der Waals surface area (Å²) in [5, 5.41) is 41.7. The second kappa shape index (κ2) is 8.82. The van der Waals surface area contributed by atoms with Crippen molar-refractivity contribution in [2.24, 2.45) is 0 Å². The highest BCUT2D eigenvalue weighted by atomic mass is 16.3. The molecule has 4 N–H and O–H groups in total. The van der Waals surface area contributed by atoms with Gasteiger partial charge in [0.1, 0.15) is 0 Å². The molecular weight excluding hydrogens is 408 g/mol. The standard InChI is InChI=1S/C23H32N6O3/c1-13(2)19-21-20(27-26-19)22(24-11-15-7-8-17(31)18(32)10-15)25-23(29(21)14(3)4)28-9-5-6-16(28)12-30/h7-8,10,13-14,16,24,30-32H,5-6,9,11-12H2,1-4H3. The molecule has 32 heavy (non-hydrogen) atoms. The molecule has 0 spiro atoms. The number of phenols is 2. The molecule has 0 radical (unpaired) electrons. The lowest BCUT2D eigenvalue weighted by molar-refractivity contribution is 0.264. The van der Waals surface area contributed by atoms with E-state index >= 15 is 0 Å². The Labute approximate surface area is 188 Å². The van der Waals surface area contributed by atoms with Crippen molar-refractivity contribution >= 4 is 11.8 Å². The minimum absolute atomic E-state index is 0.0326. The lowest BCUT2D eigenvalue weighted by Crippen LogP contribution is -2.36. The number of hydrogen-bond donors (Lipinski definition) is 4. The minimum Gasteiger partial charge on any atom is -0.504 e. The molecular formula is C23H32N6O3. The number of nitrogens with zero attached hydrogens (tertiary/aromatic N) is 5. The number of nitrogens with one attached hydrogen (secondary N) is 1. The molecule has 1 fully saturated rings. The van der Waals surface area contributed by atoms with Crippen molar-refractivity contribution in [3.8, 4) is 22.9 Å². The van der Waals surface area contributed by atoms with Gasteiger partial charge in [0, 0.05) is 19.1 Å². The van der Waals surface area contributed by atoms with E-state index in [9.17, 15) is 15.3 Å². The second-order valence-corrected chi connectivity index (χ2v) is 9.01. The highest BCUT2D eigenvalue weighted by molar-refractivity contribution is 5.75. The molecule has 0 aromatic heterocycles. The van der Waals surface area contributed by atoms with Gasteiger partial charge in [-0.3, -0.25) is 0 Å². The molecule has 1 saturated heterocycles. The first-order chi connectivity index (χ1) is 15.3. The van der Waals surface area contributed by atoms with E-state index < -0.39 is 0 Å². The number of rotatable bonds is 7. The second-order valence-electron chi connectivity index (χ2n) is 9.01. The van der Waals surface area contributed by atoms with Crippen LogP contribution in [0.15, 0.2) is 18.2 Å². The number of aliphatic hydroxyl groups is 1. The third-order valence-electron chi connectivity index (χ3n) is 6.02. The molecule has 0 aliphatic carbocycles. The van der Waals surface area contributed by atoms with Gasteiger partial charge >= 0.3 is 0 Å². The van der Waals surface area contributed by atoms with Gasteiger partial charge in [-0.25, -0.2) is 0 Å². The van der Waals surface area contributed by atoms with Crippen molar-refractivity contribution in [2.75, 3.05) is 23.4 Å². The van der Waals surface area contributed by atoms with Crippen molar-refractivity contribution < 1.29 is 15.3 Å². The van der Waals surface area contributed by atoms with Crippen LogP contribution >= 0.6 is 0 Å². The first kappa shape index (κ1) is 22.1. The average Bonchev–Trinajstić information content (AvgIpc) is 3.40. The van der Waals surface area contributed by atoms with Crippen molar-refractivity contribution in [1.29, 1.82) is 0 Å². The lowest BCUT2D eigenvalue weighted by Gasteiger charge is -2.31. The molecule has 0 bridgehead atoms. The zero-order chi connectivity index (χ0) is 23.0. The average molecular weight is 441 g/mol. The molecule has 9 heteroatoms. The van der Waals surface area contributed by atoms with Gasteiger partial charge in [0.15, 0.2) is 23.0 Å². The maximum absolute atomic E-state index is 9.95. The van der Waals surface area contributed by atoms with E-state index in [1.807, 2.05) is 0 Å². The van der Waals surface area contributed by atoms with Crippen LogP contribution in [0.4, 0.5) is 11.8 Å². The summed E-state index contributed by atoms with van der Waals surface area (Å²) in [5.41, 5.74) is 3.38. The Morgan fingerprint density at radius 3 is 2.56 bits per heavy atom. The Balaban J connectivity index is 1.82. The summed E-state index contributed by atoms with van der Waals surface area (Å²) in [4.78, 5) is 7.17. The summed E-state index contributed by atoms with van der Waals surface area (Å²) in [7, 11) is 0. The van der Waals surface area contributed by atoms with E-state index in [4.69, 9.17) is 4.98 Å². The summed E-state index contributed by atoms with van der Waals surface area (Å²) < 4.78 is 2.19. The van der Waals surface area contributed by atoms with Gasteiger partial charge in [0.2, 0.25) is 5.95 Å².